The highest BCUT2D eigenvalue weighted by Crippen LogP contribution is 2.23. The van der Waals surface area contributed by atoms with E-state index in [1.165, 1.54) is 6.54 Å². The number of anilines is 1. The van der Waals surface area contributed by atoms with Crippen molar-refractivity contribution in [2.24, 2.45) is 0 Å². The van der Waals surface area contributed by atoms with Gasteiger partial charge in [0.05, 0.1) is 38.7 Å². The first-order valence-corrected chi connectivity index (χ1v) is 10.5. The van der Waals surface area contributed by atoms with Gasteiger partial charge in [0.2, 0.25) is 0 Å². The van der Waals surface area contributed by atoms with E-state index in [1.807, 2.05) is 12.1 Å². The minimum Gasteiger partial charge on any atom is -0.545 e. The zero-order valence-corrected chi connectivity index (χ0v) is 16.7. The van der Waals surface area contributed by atoms with Crippen molar-refractivity contribution in [1.82, 2.24) is 9.97 Å². The van der Waals surface area contributed by atoms with E-state index < -0.39 is 5.97 Å². The first-order valence-electron chi connectivity index (χ1n) is 9.48. The molecule has 2 aromatic rings. The minimum atomic E-state index is -1.15. The zero-order chi connectivity index (χ0) is 19.2. The molecule has 1 aliphatic heterocycles. The molecule has 3 rings (SSSR count). The minimum absolute atomic E-state index is 0.198. The summed E-state index contributed by atoms with van der Waals surface area (Å²) in [4.78, 5) is 24.3. The van der Waals surface area contributed by atoms with Crippen LogP contribution in [0.25, 0.3) is 0 Å². The number of quaternary nitrogens is 1. The van der Waals surface area contributed by atoms with Crippen LogP contribution in [0.2, 0.25) is 0 Å². The van der Waals surface area contributed by atoms with E-state index in [-0.39, 0.29) is 5.56 Å². The van der Waals surface area contributed by atoms with Crippen LogP contribution in [0.4, 0.5) is 5.82 Å². The van der Waals surface area contributed by atoms with Gasteiger partial charge in [-0.1, -0.05) is 43.0 Å². The summed E-state index contributed by atoms with van der Waals surface area (Å²) in [7, 11) is 0. The lowest BCUT2D eigenvalue weighted by molar-refractivity contribution is -0.898. The molecular weight excluding hydrogens is 360 g/mol. The summed E-state index contributed by atoms with van der Waals surface area (Å²) in [5.41, 5.74) is 2.29. The first kappa shape index (κ1) is 19.6. The van der Waals surface area contributed by atoms with Gasteiger partial charge in [0.15, 0.2) is 5.16 Å². The summed E-state index contributed by atoms with van der Waals surface area (Å²) in [6, 6.07) is 8.89. The standard InChI is InChI=1S/C20H26N4O2S/c1-3-17-13-18(24-11-9-23(4-2)10-12-24)22-20(21-17)27-14-15-5-7-16(8-6-15)19(25)26/h5-8,13H,3-4,9-12,14H2,1-2H3,(H,25,26). The Bertz CT molecular complexity index is 774. The maximum atomic E-state index is 10.8. The largest absolute Gasteiger partial charge is 0.545 e. The number of thioether (sulfide) groups is 1. The average Bonchev–Trinajstić information content (AvgIpc) is 2.72. The Morgan fingerprint density at radius 3 is 2.48 bits per heavy atom. The number of carboxylic acids is 1. The molecule has 0 radical (unpaired) electrons. The molecule has 0 saturated carbocycles. The van der Waals surface area contributed by atoms with Crippen molar-refractivity contribution in [2.75, 3.05) is 37.6 Å². The Balaban J connectivity index is 1.69. The molecule has 0 aliphatic carbocycles. The molecule has 27 heavy (non-hydrogen) atoms. The monoisotopic (exact) mass is 386 g/mol. The number of carboxylic acid groups (broad SMARTS) is 1. The van der Waals surface area contributed by atoms with Crippen molar-refractivity contribution >= 4 is 23.5 Å². The quantitative estimate of drug-likeness (QED) is 0.549. The second-order valence-electron chi connectivity index (χ2n) is 6.72. The predicted octanol–water partition coefficient (Wildman–Crippen LogP) is 0.420. The number of nitrogens with zero attached hydrogens (tertiary/aromatic N) is 3. The van der Waals surface area contributed by atoms with E-state index >= 15 is 0 Å². The predicted molar refractivity (Wildman–Crippen MR) is 105 cm³/mol. The summed E-state index contributed by atoms with van der Waals surface area (Å²) in [6.45, 7) is 9.87. The maximum absolute atomic E-state index is 10.8. The van der Waals surface area contributed by atoms with Gasteiger partial charge in [-0.2, -0.15) is 0 Å². The Labute approximate surface area is 164 Å². The van der Waals surface area contributed by atoms with Crippen LogP contribution in [0.15, 0.2) is 35.5 Å². The van der Waals surface area contributed by atoms with Gasteiger partial charge in [-0.15, -0.1) is 0 Å². The Morgan fingerprint density at radius 1 is 1.19 bits per heavy atom. The molecule has 1 N–H and O–H groups in total. The lowest BCUT2D eigenvalue weighted by atomic mass is 10.1. The molecule has 0 bridgehead atoms. The van der Waals surface area contributed by atoms with Crippen molar-refractivity contribution < 1.29 is 14.8 Å². The van der Waals surface area contributed by atoms with E-state index in [0.717, 1.165) is 54.8 Å². The Kier molecular flexibility index (Phi) is 6.68. The summed E-state index contributed by atoms with van der Waals surface area (Å²) >= 11 is 1.58. The highest BCUT2D eigenvalue weighted by atomic mass is 32.2. The molecule has 6 nitrogen and oxygen atoms in total. The van der Waals surface area contributed by atoms with Gasteiger partial charge in [-0.3, -0.25) is 0 Å². The smallest absolute Gasteiger partial charge is 0.190 e. The lowest BCUT2D eigenvalue weighted by Crippen LogP contribution is -3.14. The topological polar surface area (TPSA) is 73.6 Å². The average molecular weight is 387 g/mol. The van der Waals surface area contributed by atoms with Crippen LogP contribution in [0, 0.1) is 0 Å². The van der Waals surface area contributed by atoms with Crippen LogP contribution >= 0.6 is 11.8 Å². The van der Waals surface area contributed by atoms with Crippen LogP contribution in [0.3, 0.4) is 0 Å². The number of hydrogen-bond acceptors (Lipinski definition) is 6. The van der Waals surface area contributed by atoms with Crippen molar-refractivity contribution in [3.8, 4) is 0 Å². The number of aryl methyl sites for hydroxylation is 1. The number of aromatic nitrogens is 2. The summed E-state index contributed by atoms with van der Waals surface area (Å²) < 4.78 is 0. The van der Waals surface area contributed by atoms with Crippen molar-refractivity contribution in [2.45, 2.75) is 31.2 Å². The third kappa shape index (κ3) is 5.20. The van der Waals surface area contributed by atoms with Crippen LogP contribution < -0.4 is 14.9 Å². The van der Waals surface area contributed by atoms with E-state index in [4.69, 9.17) is 4.98 Å². The summed E-state index contributed by atoms with van der Waals surface area (Å²) in [5.74, 6) is 0.572. The number of rotatable bonds is 7. The van der Waals surface area contributed by atoms with Gasteiger partial charge in [-0.05, 0) is 24.5 Å². The normalized spacial score (nSPS) is 15.1. The van der Waals surface area contributed by atoms with E-state index in [9.17, 15) is 9.90 Å². The summed E-state index contributed by atoms with van der Waals surface area (Å²) in [5, 5.41) is 11.6. The zero-order valence-electron chi connectivity index (χ0n) is 15.9. The van der Waals surface area contributed by atoms with Crippen LogP contribution in [0.1, 0.15) is 35.5 Å². The molecule has 0 unspecified atom stereocenters. The highest BCUT2D eigenvalue weighted by molar-refractivity contribution is 7.98. The number of likely N-dealkylation sites (N-methyl/N-ethyl adjacent to an activating group) is 1. The molecule has 1 aromatic heterocycles. The fourth-order valence-corrected chi connectivity index (χ4v) is 3.99. The second-order valence-corrected chi connectivity index (χ2v) is 7.66. The number of benzene rings is 1. The fourth-order valence-electron chi connectivity index (χ4n) is 3.16. The Hall–Kier alpha value is -2.12. The van der Waals surface area contributed by atoms with E-state index in [1.54, 1.807) is 28.8 Å². The fraction of sp³-hybridized carbons (Fsp3) is 0.450. The van der Waals surface area contributed by atoms with Crippen LogP contribution in [-0.2, 0) is 12.2 Å². The third-order valence-corrected chi connectivity index (χ3v) is 5.88. The Morgan fingerprint density at radius 2 is 1.89 bits per heavy atom. The van der Waals surface area contributed by atoms with Crippen molar-refractivity contribution in [3.05, 3.63) is 47.2 Å². The molecule has 0 atom stereocenters. The van der Waals surface area contributed by atoms with Crippen LogP contribution in [0.5, 0.6) is 0 Å². The highest BCUT2D eigenvalue weighted by Gasteiger charge is 2.20. The molecule has 7 heteroatoms. The molecule has 2 heterocycles. The number of hydrogen-bond donors (Lipinski definition) is 1. The van der Waals surface area contributed by atoms with E-state index in [0.29, 0.717) is 5.75 Å². The van der Waals surface area contributed by atoms with Gasteiger partial charge in [0.25, 0.3) is 0 Å². The van der Waals surface area contributed by atoms with E-state index in [2.05, 4.69) is 29.8 Å². The molecule has 1 saturated heterocycles. The molecule has 1 fully saturated rings. The first-order chi connectivity index (χ1) is 13.1. The third-order valence-electron chi connectivity index (χ3n) is 4.96. The SMILES string of the molecule is CCc1cc(N2CC[NH+](CC)CC2)nc(SCc2ccc(C(=O)[O-])cc2)n1. The number of carbonyl (C=O) groups is 1. The van der Waals surface area contributed by atoms with Gasteiger partial charge in [0, 0.05) is 17.5 Å². The number of piperazine rings is 1. The van der Waals surface area contributed by atoms with Gasteiger partial charge in [0.1, 0.15) is 5.82 Å². The van der Waals surface area contributed by atoms with Crippen LogP contribution in [-0.4, -0.2) is 48.7 Å². The number of carbonyl (C=O) groups excluding carboxylic acids is 1. The number of nitrogens with one attached hydrogen (secondary N) is 1. The molecule has 0 spiro atoms. The maximum Gasteiger partial charge on any atom is 0.190 e. The molecule has 1 aromatic carbocycles. The number of aromatic carboxylic acids is 1. The molecule has 144 valence electrons. The molecular formula is C20H26N4O2S. The van der Waals surface area contributed by atoms with Crippen molar-refractivity contribution in [3.63, 3.8) is 0 Å². The van der Waals surface area contributed by atoms with Gasteiger partial charge >= 0.3 is 0 Å². The summed E-state index contributed by atoms with van der Waals surface area (Å²) in [6.07, 6.45) is 0.879. The lowest BCUT2D eigenvalue weighted by Gasteiger charge is -2.32. The van der Waals surface area contributed by atoms with Crippen molar-refractivity contribution in [1.29, 1.82) is 0 Å². The molecule has 1 aliphatic rings. The second kappa shape index (κ2) is 9.19. The van der Waals surface area contributed by atoms with Gasteiger partial charge < -0.3 is 19.7 Å². The molecule has 0 amide bonds. The van der Waals surface area contributed by atoms with Gasteiger partial charge in [-0.25, -0.2) is 9.97 Å².